The van der Waals surface area contributed by atoms with E-state index in [1.165, 1.54) is 17.8 Å². The molecule has 0 bridgehead atoms. The number of aliphatic imine (C=N–C) groups is 2. The minimum absolute atomic E-state index is 0.194. The number of fused-ring (bicyclic) bond motifs is 1. The molecular weight excluding hydrogens is 360 g/mol. The Kier molecular flexibility index (Phi) is 5.43. The van der Waals surface area contributed by atoms with Gasteiger partial charge in [-0.1, -0.05) is 43.7 Å². The molecule has 134 valence electrons. The van der Waals surface area contributed by atoms with Gasteiger partial charge in [0.05, 0.1) is 11.4 Å². The highest BCUT2D eigenvalue weighted by Crippen LogP contribution is 2.23. The molecule has 2 aliphatic rings. The Balaban J connectivity index is 1.87. The van der Waals surface area contributed by atoms with E-state index in [1.807, 2.05) is 6.92 Å². The molecule has 0 unspecified atom stereocenters. The maximum Gasteiger partial charge on any atom is 0.263 e. The average molecular weight is 380 g/mol. The van der Waals surface area contributed by atoms with Crippen LogP contribution in [-0.4, -0.2) is 43.7 Å². The van der Waals surface area contributed by atoms with Gasteiger partial charge in [-0.2, -0.15) is 0 Å². The number of nitrogens with zero attached hydrogens (tertiary/aromatic N) is 2. The van der Waals surface area contributed by atoms with Crippen molar-refractivity contribution in [2.45, 2.75) is 37.1 Å². The first-order valence-corrected chi connectivity index (χ1v) is 10.7. The van der Waals surface area contributed by atoms with Gasteiger partial charge in [-0.15, -0.1) is 0 Å². The van der Waals surface area contributed by atoms with Crippen LogP contribution in [0.3, 0.4) is 0 Å². The van der Waals surface area contributed by atoms with Crippen LogP contribution in [0.2, 0.25) is 0 Å². The van der Waals surface area contributed by atoms with Gasteiger partial charge in [0.1, 0.15) is 11.9 Å². The van der Waals surface area contributed by atoms with Crippen molar-refractivity contribution < 1.29 is 13.2 Å². The van der Waals surface area contributed by atoms with Gasteiger partial charge in [-0.25, -0.2) is 8.42 Å². The molecule has 1 aromatic rings. The summed E-state index contributed by atoms with van der Waals surface area (Å²) in [7, 11) is -3.61. The number of hydrogen-bond acceptors (Lipinski definition) is 6. The van der Waals surface area contributed by atoms with Crippen LogP contribution in [-0.2, 0) is 14.8 Å². The lowest BCUT2D eigenvalue weighted by Crippen LogP contribution is -2.37. The molecule has 2 N–H and O–H groups in total. The fraction of sp³-hybridized carbons (Fsp3) is 0.438. The number of hydrogen-bond donors (Lipinski definition) is 2. The number of nitrogens with one attached hydrogen (secondary N) is 2. The quantitative estimate of drug-likeness (QED) is 0.808. The van der Waals surface area contributed by atoms with Crippen molar-refractivity contribution in [1.82, 2.24) is 10.0 Å². The van der Waals surface area contributed by atoms with Crippen molar-refractivity contribution in [2.75, 3.05) is 12.3 Å². The van der Waals surface area contributed by atoms with E-state index in [0.717, 1.165) is 18.6 Å². The Bertz CT molecular complexity index is 834. The van der Waals surface area contributed by atoms with E-state index in [9.17, 15) is 13.2 Å². The Morgan fingerprint density at radius 1 is 1.44 bits per heavy atom. The van der Waals surface area contributed by atoms with Crippen molar-refractivity contribution in [3.63, 3.8) is 0 Å². The van der Waals surface area contributed by atoms with Crippen molar-refractivity contribution in [1.29, 1.82) is 0 Å². The van der Waals surface area contributed by atoms with Crippen LogP contribution in [0.15, 0.2) is 39.1 Å². The molecule has 0 radical (unpaired) electrons. The summed E-state index contributed by atoms with van der Waals surface area (Å²) in [6.07, 6.45) is 2.29. The summed E-state index contributed by atoms with van der Waals surface area (Å²) in [5.41, 5.74) is 0.504. The zero-order valence-electron chi connectivity index (χ0n) is 13.9. The van der Waals surface area contributed by atoms with E-state index in [2.05, 4.69) is 20.0 Å². The van der Waals surface area contributed by atoms with Gasteiger partial charge in [-0.3, -0.25) is 19.5 Å². The molecule has 2 heterocycles. The number of amidine groups is 2. The summed E-state index contributed by atoms with van der Waals surface area (Å²) in [5.74, 6) is 0.835. The predicted octanol–water partition coefficient (Wildman–Crippen LogP) is 1.50. The fourth-order valence-corrected chi connectivity index (χ4v) is 4.61. The van der Waals surface area contributed by atoms with Crippen molar-refractivity contribution in [3.05, 3.63) is 29.8 Å². The van der Waals surface area contributed by atoms with Crippen LogP contribution < -0.4 is 10.0 Å². The van der Waals surface area contributed by atoms with Gasteiger partial charge in [0.2, 0.25) is 0 Å². The lowest BCUT2D eigenvalue weighted by atomic mass is 10.1. The van der Waals surface area contributed by atoms with Crippen LogP contribution in [0.1, 0.15) is 31.7 Å². The largest absolute Gasteiger partial charge is 0.304 e. The molecular formula is C16H20N4O3S2. The highest BCUT2D eigenvalue weighted by molar-refractivity contribution is 8.14. The highest BCUT2D eigenvalue weighted by atomic mass is 32.2. The second-order valence-electron chi connectivity index (χ2n) is 5.76. The van der Waals surface area contributed by atoms with Crippen LogP contribution in [0, 0.1) is 0 Å². The zero-order valence-corrected chi connectivity index (χ0v) is 15.5. The highest BCUT2D eigenvalue weighted by Gasteiger charge is 2.32. The summed E-state index contributed by atoms with van der Waals surface area (Å²) in [5, 5.41) is 3.41. The fourth-order valence-electron chi connectivity index (χ4n) is 2.64. The second kappa shape index (κ2) is 7.57. The molecule has 0 spiro atoms. The number of carbonyl (C=O) groups excluding carboxylic acids is 1. The van der Waals surface area contributed by atoms with E-state index in [0.29, 0.717) is 23.7 Å². The molecule has 1 aromatic carbocycles. The average Bonchev–Trinajstić information content (AvgIpc) is 3.18. The molecule has 0 fully saturated rings. The summed E-state index contributed by atoms with van der Waals surface area (Å²) in [6.45, 7) is 2.73. The minimum atomic E-state index is -3.61. The predicted molar refractivity (Wildman–Crippen MR) is 99.5 cm³/mol. The topological polar surface area (TPSA) is 100.0 Å². The molecule has 2 aliphatic heterocycles. The van der Waals surface area contributed by atoms with E-state index >= 15 is 0 Å². The molecule has 0 aromatic heterocycles. The van der Waals surface area contributed by atoms with Crippen LogP contribution in [0.25, 0.3) is 0 Å². The number of unbranched alkanes of at least 4 members (excludes halogenated alkanes) is 1. The molecule has 1 atom stereocenters. The minimum Gasteiger partial charge on any atom is -0.304 e. The third-order valence-corrected chi connectivity index (χ3v) is 6.19. The Morgan fingerprint density at radius 2 is 2.24 bits per heavy atom. The van der Waals surface area contributed by atoms with Crippen molar-refractivity contribution in [3.8, 4) is 0 Å². The maximum atomic E-state index is 12.6. The number of rotatable bonds is 5. The first-order chi connectivity index (χ1) is 12.0. The van der Waals surface area contributed by atoms with Gasteiger partial charge < -0.3 is 5.32 Å². The lowest BCUT2D eigenvalue weighted by molar-refractivity contribution is -0.120. The molecule has 0 saturated heterocycles. The maximum absolute atomic E-state index is 12.6. The smallest absolute Gasteiger partial charge is 0.263 e. The number of benzene rings is 1. The van der Waals surface area contributed by atoms with Crippen LogP contribution in [0.4, 0.5) is 0 Å². The summed E-state index contributed by atoms with van der Waals surface area (Å²) >= 11 is 1.50. The van der Waals surface area contributed by atoms with E-state index < -0.39 is 16.1 Å². The molecule has 9 heteroatoms. The van der Waals surface area contributed by atoms with Gasteiger partial charge in [0.25, 0.3) is 15.9 Å². The Labute approximate surface area is 151 Å². The lowest BCUT2D eigenvalue weighted by Gasteiger charge is -2.13. The first kappa shape index (κ1) is 17.9. The van der Waals surface area contributed by atoms with Gasteiger partial charge in [0, 0.05) is 11.3 Å². The van der Waals surface area contributed by atoms with E-state index in [4.69, 9.17) is 0 Å². The van der Waals surface area contributed by atoms with Crippen LogP contribution in [0.5, 0.6) is 0 Å². The SMILES string of the molecule is CCCC[C@@H](N=C1NS(=O)(=O)c2ccccc21)C(=O)NC1=NCCS1. The third kappa shape index (κ3) is 4.04. The summed E-state index contributed by atoms with van der Waals surface area (Å²) < 4.78 is 26.8. The first-order valence-electron chi connectivity index (χ1n) is 8.19. The molecule has 0 aliphatic carbocycles. The molecule has 0 saturated carbocycles. The van der Waals surface area contributed by atoms with Gasteiger partial charge >= 0.3 is 0 Å². The number of sulfonamides is 1. The van der Waals surface area contributed by atoms with Crippen molar-refractivity contribution >= 4 is 38.7 Å². The van der Waals surface area contributed by atoms with Crippen molar-refractivity contribution in [2.24, 2.45) is 9.98 Å². The molecule has 7 nitrogen and oxygen atoms in total. The number of amides is 1. The molecule has 1 amide bonds. The van der Waals surface area contributed by atoms with Crippen LogP contribution >= 0.6 is 11.8 Å². The number of thioether (sulfide) groups is 1. The molecule has 3 rings (SSSR count). The second-order valence-corrected chi connectivity index (χ2v) is 8.50. The number of carbonyl (C=O) groups is 1. The van der Waals surface area contributed by atoms with E-state index in [-0.39, 0.29) is 16.6 Å². The van der Waals surface area contributed by atoms with E-state index in [1.54, 1.807) is 18.2 Å². The Morgan fingerprint density at radius 3 is 2.96 bits per heavy atom. The third-order valence-electron chi connectivity index (χ3n) is 3.90. The van der Waals surface area contributed by atoms with Gasteiger partial charge in [0.15, 0.2) is 5.17 Å². The molecule has 25 heavy (non-hydrogen) atoms. The summed E-state index contributed by atoms with van der Waals surface area (Å²) in [4.78, 5) is 21.4. The van der Waals surface area contributed by atoms with Gasteiger partial charge in [-0.05, 0) is 18.6 Å². The standard InChI is InChI=1S/C16H20N4O3S2/c1-2-3-7-12(15(21)19-16-17-9-10-24-16)18-14-11-6-4-5-8-13(11)25(22,23)20-14/h4-6,8,12H,2-3,7,9-10H2,1H3,(H,18,20)(H,17,19,21)/t12-/m1/s1. The normalized spacial score (nSPS) is 20.7. The monoisotopic (exact) mass is 380 g/mol. The zero-order chi connectivity index (χ0) is 17.9. The Hall–Kier alpha value is -1.87. The summed E-state index contributed by atoms with van der Waals surface area (Å²) in [6, 6.07) is 5.98.